The molecule has 0 aromatic heterocycles. The number of ether oxygens (including phenoxy) is 3. The maximum absolute atomic E-state index is 16.4. The highest BCUT2D eigenvalue weighted by molar-refractivity contribution is 6.08. The normalized spacial score (nSPS) is 24.1. The number of hydrogen-bond acceptors (Lipinski definition) is 8. The number of carbonyl (C=O) groups is 4. The summed E-state index contributed by atoms with van der Waals surface area (Å²) in [7, 11) is 0. The molecular weight excluding hydrogens is 671 g/mol. The number of alkyl halides is 1. The first-order valence-corrected chi connectivity index (χ1v) is 17.7. The number of aliphatic hydroxyl groups is 1. The zero-order valence-corrected chi connectivity index (χ0v) is 29.5. The molecule has 0 radical (unpaired) electrons. The van der Waals surface area contributed by atoms with Crippen molar-refractivity contribution in [2.75, 3.05) is 54.2 Å². The Labute approximate surface area is 301 Å². The van der Waals surface area contributed by atoms with Crippen LogP contribution in [0.25, 0.3) is 0 Å². The molecule has 3 aromatic rings. The first-order chi connectivity index (χ1) is 24.9. The van der Waals surface area contributed by atoms with Gasteiger partial charge in [0, 0.05) is 41.9 Å². The second kappa shape index (κ2) is 13.8. The van der Waals surface area contributed by atoms with Gasteiger partial charge in [-0.15, -0.1) is 0 Å². The summed E-state index contributed by atoms with van der Waals surface area (Å²) in [6, 6.07) is 21.9. The number of halogens is 1. The molecule has 3 aromatic carbocycles. The second-order valence-corrected chi connectivity index (χ2v) is 14.3. The summed E-state index contributed by atoms with van der Waals surface area (Å²) in [4.78, 5) is 59.8. The van der Waals surface area contributed by atoms with Gasteiger partial charge in [0.25, 0.3) is 5.91 Å². The maximum Gasteiger partial charge on any atom is 0.414 e. The van der Waals surface area contributed by atoms with Crippen LogP contribution in [-0.2, 0) is 42.5 Å². The molecular formula is C39H43FN4O8. The van der Waals surface area contributed by atoms with E-state index in [0.717, 1.165) is 11.1 Å². The lowest BCUT2D eigenvalue weighted by Gasteiger charge is -2.33. The Morgan fingerprint density at radius 1 is 0.923 bits per heavy atom. The number of hydrogen-bond donors (Lipinski definition) is 1. The maximum atomic E-state index is 16.4. The van der Waals surface area contributed by atoms with Crippen LogP contribution < -0.4 is 14.7 Å². The molecule has 3 fully saturated rings. The highest BCUT2D eigenvalue weighted by atomic mass is 19.1. The molecule has 4 atom stereocenters. The van der Waals surface area contributed by atoms with E-state index in [9.17, 15) is 24.3 Å². The standard InChI is InChI=1S/C39H43FN4O8/c1-25-34(38(2,3)40)32(22-33(46)41(15-18-45)23-26-7-5-4-6-8-26)52-39(25)30-21-29(43-17-20-51-37(43)49)13-14-31(30)44(35(39)47)24-27-9-11-28(12-10-27)42-16-19-50-36(42)48/h4-14,21,25,32,34,45H,15-20,22-24H2,1-3H3/t25-,32+,34-,39+/m0/s1. The van der Waals surface area contributed by atoms with Crippen LogP contribution >= 0.6 is 0 Å². The first-order valence-electron chi connectivity index (χ1n) is 17.7. The van der Waals surface area contributed by atoms with Gasteiger partial charge in [0.05, 0.1) is 44.5 Å². The number of cyclic esters (lactones) is 2. The Kier molecular flexibility index (Phi) is 9.43. The summed E-state index contributed by atoms with van der Waals surface area (Å²) in [5.74, 6) is -2.34. The lowest BCUT2D eigenvalue weighted by Crippen LogP contribution is -2.45. The fourth-order valence-electron chi connectivity index (χ4n) is 8.30. The van der Waals surface area contributed by atoms with Crippen molar-refractivity contribution in [3.8, 4) is 0 Å². The van der Waals surface area contributed by atoms with Gasteiger partial charge in [-0.3, -0.25) is 19.4 Å². The van der Waals surface area contributed by atoms with E-state index < -0.39 is 47.3 Å². The predicted octanol–water partition coefficient (Wildman–Crippen LogP) is 5.15. The van der Waals surface area contributed by atoms with Gasteiger partial charge in [0.1, 0.15) is 18.9 Å². The van der Waals surface area contributed by atoms with Crippen molar-refractivity contribution in [2.24, 2.45) is 11.8 Å². The van der Waals surface area contributed by atoms with E-state index in [1.807, 2.05) is 42.5 Å². The SMILES string of the molecule is C[C@H]1[C@H](C(C)(C)F)[C@@H](CC(=O)N(CCO)Cc2ccccc2)O[C@]12C(=O)N(Cc1ccc(N3CCOC3=O)cc1)c1ccc(N3CCOC3=O)cc12. The lowest BCUT2D eigenvalue weighted by atomic mass is 9.71. The number of carbonyl (C=O) groups excluding carboxylic acids is 4. The van der Waals surface area contributed by atoms with Crippen LogP contribution in [0.1, 0.15) is 43.9 Å². The minimum atomic E-state index is -1.86. The zero-order valence-electron chi connectivity index (χ0n) is 29.5. The average Bonchev–Trinajstić information content (AvgIpc) is 3.87. The molecule has 52 heavy (non-hydrogen) atoms. The molecule has 13 heteroatoms. The van der Waals surface area contributed by atoms with E-state index in [4.69, 9.17) is 14.2 Å². The molecule has 1 spiro atoms. The molecule has 0 bridgehead atoms. The Morgan fingerprint density at radius 3 is 2.15 bits per heavy atom. The van der Waals surface area contributed by atoms with Crippen LogP contribution in [0.15, 0.2) is 72.8 Å². The van der Waals surface area contributed by atoms with Crippen molar-refractivity contribution in [1.82, 2.24) is 4.90 Å². The quantitative estimate of drug-likeness (QED) is 0.289. The van der Waals surface area contributed by atoms with E-state index in [2.05, 4.69) is 0 Å². The molecule has 0 saturated carbocycles. The highest BCUT2D eigenvalue weighted by Gasteiger charge is 2.66. The van der Waals surface area contributed by atoms with Gasteiger partial charge < -0.3 is 29.1 Å². The molecule has 7 rings (SSSR count). The topological polar surface area (TPSA) is 129 Å². The second-order valence-electron chi connectivity index (χ2n) is 14.3. The third-order valence-electron chi connectivity index (χ3n) is 10.7. The van der Waals surface area contributed by atoms with Crippen molar-refractivity contribution in [3.05, 3.63) is 89.5 Å². The Balaban J connectivity index is 1.24. The largest absolute Gasteiger partial charge is 0.447 e. The monoisotopic (exact) mass is 714 g/mol. The van der Waals surface area contributed by atoms with Crippen molar-refractivity contribution in [2.45, 2.75) is 57.7 Å². The van der Waals surface area contributed by atoms with Gasteiger partial charge in [-0.1, -0.05) is 49.4 Å². The number of anilines is 3. The zero-order chi connectivity index (χ0) is 36.8. The van der Waals surface area contributed by atoms with Crippen LogP contribution in [0.3, 0.4) is 0 Å². The smallest absolute Gasteiger partial charge is 0.414 e. The van der Waals surface area contributed by atoms with Crippen LogP contribution in [0.5, 0.6) is 0 Å². The first kappa shape index (κ1) is 35.4. The summed E-state index contributed by atoms with van der Waals surface area (Å²) in [5, 5.41) is 9.83. The average molecular weight is 715 g/mol. The van der Waals surface area contributed by atoms with Crippen LogP contribution in [0.4, 0.5) is 31.0 Å². The van der Waals surface area contributed by atoms with Gasteiger partial charge in [0.15, 0.2) is 5.60 Å². The molecule has 0 unspecified atom stereocenters. The molecule has 4 aliphatic heterocycles. The molecule has 0 aliphatic carbocycles. The minimum absolute atomic E-state index is 0.0768. The minimum Gasteiger partial charge on any atom is -0.447 e. The van der Waals surface area contributed by atoms with Crippen LogP contribution in [0.2, 0.25) is 0 Å². The molecule has 4 amide bonds. The predicted molar refractivity (Wildman–Crippen MR) is 189 cm³/mol. The summed E-state index contributed by atoms with van der Waals surface area (Å²) < 4.78 is 33.5. The molecule has 12 nitrogen and oxygen atoms in total. The van der Waals surface area contributed by atoms with E-state index in [1.54, 1.807) is 42.2 Å². The Morgan fingerprint density at radius 2 is 1.56 bits per heavy atom. The third-order valence-corrected chi connectivity index (χ3v) is 10.7. The Bertz CT molecular complexity index is 1850. The lowest BCUT2D eigenvalue weighted by molar-refractivity contribution is -0.150. The summed E-state index contributed by atoms with van der Waals surface area (Å²) in [6.45, 7) is 6.20. The summed E-state index contributed by atoms with van der Waals surface area (Å²) >= 11 is 0. The molecule has 4 aliphatic rings. The van der Waals surface area contributed by atoms with E-state index >= 15 is 4.39 Å². The molecule has 4 heterocycles. The third kappa shape index (κ3) is 6.25. The fraction of sp³-hybridized carbons (Fsp3) is 0.436. The van der Waals surface area contributed by atoms with E-state index in [-0.39, 0.29) is 45.2 Å². The van der Waals surface area contributed by atoms with Gasteiger partial charge in [-0.2, -0.15) is 0 Å². The van der Waals surface area contributed by atoms with Gasteiger partial charge in [-0.05, 0) is 55.3 Å². The van der Waals surface area contributed by atoms with Gasteiger partial charge >= 0.3 is 12.2 Å². The van der Waals surface area contributed by atoms with E-state index in [1.165, 1.54) is 28.5 Å². The number of rotatable bonds is 11. The molecule has 274 valence electrons. The van der Waals surface area contributed by atoms with Gasteiger partial charge in [0.2, 0.25) is 5.91 Å². The van der Waals surface area contributed by atoms with Crippen molar-refractivity contribution in [3.63, 3.8) is 0 Å². The molecule has 3 saturated heterocycles. The van der Waals surface area contributed by atoms with Gasteiger partial charge in [-0.25, -0.2) is 14.0 Å². The number of amides is 4. The summed E-state index contributed by atoms with van der Waals surface area (Å²) in [5.41, 5.74) is 0.351. The Hall–Kier alpha value is -5.01. The van der Waals surface area contributed by atoms with Crippen molar-refractivity contribution < 1.29 is 42.9 Å². The number of nitrogens with zero attached hydrogens (tertiary/aromatic N) is 4. The van der Waals surface area contributed by atoms with Crippen molar-refractivity contribution in [1.29, 1.82) is 0 Å². The van der Waals surface area contributed by atoms with Crippen LogP contribution in [-0.4, -0.2) is 85.2 Å². The van der Waals surface area contributed by atoms with Crippen LogP contribution in [0, 0.1) is 11.8 Å². The van der Waals surface area contributed by atoms with E-state index in [0.29, 0.717) is 42.3 Å². The highest BCUT2D eigenvalue weighted by Crippen LogP contribution is 2.59. The number of aliphatic hydroxyl groups excluding tert-OH is 1. The molecule has 1 N–H and O–H groups in total. The fourth-order valence-corrected chi connectivity index (χ4v) is 8.30. The van der Waals surface area contributed by atoms with Crippen molar-refractivity contribution >= 4 is 41.1 Å². The summed E-state index contributed by atoms with van der Waals surface area (Å²) in [6.07, 6.45) is -2.12. The number of benzene rings is 3. The number of fused-ring (bicyclic) bond motifs is 2.